The topological polar surface area (TPSA) is 70.7 Å². The minimum absolute atomic E-state index is 0.0812. The average Bonchev–Trinajstić information content (AvgIpc) is 2.54. The molecule has 2 N–H and O–H groups in total. The van der Waals surface area contributed by atoms with E-state index in [4.69, 9.17) is 4.74 Å². The molecule has 0 bridgehead atoms. The van der Waals surface area contributed by atoms with E-state index >= 15 is 0 Å². The van der Waals surface area contributed by atoms with Crippen molar-refractivity contribution in [3.63, 3.8) is 0 Å². The van der Waals surface area contributed by atoms with E-state index in [1.165, 1.54) is 5.01 Å². The summed E-state index contributed by atoms with van der Waals surface area (Å²) in [5, 5.41) is 3.72. The molecule has 1 heterocycles. The number of rotatable bonds is 3. The predicted molar refractivity (Wildman–Crippen MR) is 82.5 cm³/mol. The van der Waals surface area contributed by atoms with Gasteiger partial charge in [-0.1, -0.05) is 24.3 Å². The summed E-state index contributed by atoms with van der Waals surface area (Å²) in [6.45, 7) is 0.0812. The lowest BCUT2D eigenvalue weighted by Crippen LogP contribution is -2.59. The lowest BCUT2D eigenvalue weighted by Gasteiger charge is -2.28. The van der Waals surface area contributed by atoms with Crippen molar-refractivity contribution in [1.82, 2.24) is 10.7 Å². The van der Waals surface area contributed by atoms with Gasteiger partial charge < -0.3 is 4.74 Å². The van der Waals surface area contributed by atoms with Crippen LogP contribution in [0.5, 0.6) is 5.75 Å². The molecule has 1 aliphatic rings. The predicted octanol–water partition coefficient (Wildman–Crippen LogP) is 1.92. The van der Waals surface area contributed by atoms with Crippen LogP contribution in [0.25, 0.3) is 11.1 Å². The van der Waals surface area contributed by atoms with Crippen LogP contribution in [0.3, 0.4) is 0 Å². The molecule has 0 spiro atoms. The lowest BCUT2D eigenvalue weighted by molar-refractivity contribution is -0.119. The van der Waals surface area contributed by atoms with Crippen molar-refractivity contribution in [2.45, 2.75) is 0 Å². The van der Waals surface area contributed by atoms with E-state index in [2.05, 4.69) is 10.7 Å². The van der Waals surface area contributed by atoms with E-state index in [1.807, 2.05) is 48.5 Å². The van der Waals surface area contributed by atoms with Gasteiger partial charge in [0.2, 0.25) is 5.91 Å². The molecular weight excluding hydrogens is 282 g/mol. The summed E-state index contributed by atoms with van der Waals surface area (Å²) >= 11 is 0. The molecular formula is C16H15N3O3. The second-order valence-electron chi connectivity index (χ2n) is 4.85. The minimum Gasteiger partial charge on any atom is -0.497 e. The number of hydrogen-bond acceptors (Lipinski definition) is 4. The number of carbonyl (C=O) groups is 2. The summed E-state index contributed by atoms with van der Waals surface area (Å²) in [4.78, 5) is 22.8. The number of benzene rings is 2. The van der Waals surface area contributed by atoms with Gasteiger partial charge in [0, 0.05) is 0 Å². The number of ether oxygens (including phenoxy) is 1. The number of imide groups is 1. The minimum atomic E-state index is -0.522. The van der Waals surface area contributed by atoms with E-state index in [-0.39, 0.29) is 12.5 Å². The van der Waals surface area contributed by atoms with Crippen molar-refractivity contribution in [2.24, 2.45) is 0 Å². The van der Waals surface area contributed by atoms with Crippen LogP contribution in [0, 0.1) is 0 Å². The molecule has 112 valence electrons. The van der Waals surface area contributed by atoms with Crippen molar-refractivity contribution < 1.29 is 14.3 Å². The first-order chi connectivity index (χ1) is 10.7. The van der Waals surface area contributed by atoms with Crippen LogP contribution in [-0.4, -0.2) is 25.6 Å². The Balaban J connectivity index is 1.88. The van der Waals surface area contributed by atoms with Gasteiger partial charge in [-0.25, -0.2) is 10.2 Å². The Morgan fingerprint density at radius 1 is 1.05 bits per heavy atom. The second-order valence-corrected chi connectivity index (χ2v) is 4.85. The number of amides is 3. The summed E-state index contributed by atoms with van der Waals surface area (Å²) in [5.41, 5.74) is 5.36. The maximum Gasteiger partial charge on any atom is 0.340 e. The second kappa shape index (κ2) is 5.77. The first kappa shape index (κ1) is 13.9. The molecule has 22 heavy (non-hydrogen) atoms. The van der Waals surface area contributed by atoms with Crippen LogP contribution < -0.4 is 20.5 Å². The smallest absolute Gasteiger partial charge is 0.340 e. The van der Waals surface area contributed by atoms with Gasteiger partial charge in [0.1, 0.15) is 12.3 Å². The zero-order valence-electron chi connectivity index (χ0n) is 12.0. The Morgan fingerprint density at radius 3 is 2.50 bits per heavy atom. The van der Waals surface area contributed by atoms with Crippen LogP contribution in [0.1, 0.15) is 0 Å². The van der Waals surface area contributed by atoms with E-state index < -0.39 is 6.03 Å². The Hall–Kier alpha value is -3.02. The number of methoxy groups -OCH3 is 1. The molecule has 3 rings (SSSR count). The largest absolute Gasteiger partial charge is 0.497 e. The highest BCUT2D eigenvalue weighted by atomic mass is 16.5. The molecule has 1 saturated heterocycles. The van der Waals surface area contributed by atoms with Gasteiger partial charge in [-0.2, -0.15) is 0 Å². The van der Waals surface area contributed by atoms with Gasteiger partial charge in [0.05, 0.1) is 12.8 Å². The van der Waals surface area contributed by atoms with Crippen molar-refractivity contribution >= 4 is 17.6 Å². The first-order valence-electron chi connectivity index (χ1n) is 6.78. The lowest BCUT2D eigenvalue weighted by atomic mass is 10.0. The molecule has 2 aromatic carbocycles. The molecule has 6 nitrogen and oxygen atoms in total. The molecule has 2 aromatic rings. The zero-order chi connectivity index (χ0) is 15.5. The fourth-order valence-corrected chi connectivity index (χ4v) is 2.29. The molecule has 0 aliphatic carbocycles. The van der Waals surface area contributed by atoms with Gasteiger partial charge in [-0.3, -0.25) is 15.1 Å². The number of hydrazine groups is 1. The molecule has 0 unspecified atom stereocenters. The molecule has 3 amide bonds. The summed E-state index contributed by atoms with van der Waals surface area (Å²) in [6, 6.07) is 14.8. The quantitative estimate of drug-likeness (QED) is 0.908. The molecule has 1 aliphatic heterocycles. The third-order valence-electron chi connectivity index (χ3n) is 3.37. The SMILES string of the molecule is COc1ccc(-c2cccc(N3CC(=O)NC(=O)N3)c2)cc1. The van der Waals surface area contributed by atoms with Crippen LogP contribution >= 0.6 is 0 Å². The van der Waals surface area contributed by atoms with E-state index in [0.717, 1.165) is 22.6 Å². The van der Waals surface area contributed by atoms with Crippen LogP contribution in [-0.2, 0) is 4.79 Å². The number of urea groups is 1. The molecule has 0 aromatic heterocycles. The van der Waals surface area contributed by atoms with E-state index in [1.54, 1.807) is 7.11 Å². The maximum atomic E-state index is 11.5. The third kappa shape index (κ3) is 2.85. The number of anilines is 1. The number of nitrogens with zero attached hydrogens (tertiary/aromatic N) is 1. The van der Waals surface area contributed by atoms with E-state index in [0.29, 0.717) is 0 Å². The fourth-order valence-electron chi connectivity index (χ4n) is 2.29. The monoisotopic (exact) mass is 297 g/mol. The van der Waals surface area contributed by atoms with Crippen LogP contribution in [0.15, 0.2) is 48.5 Å². The van der Waals surface area contributed by atoms with Crippen LogP contribution in [0.4, 0.5) is 10.5 Å². The fraction of sp³-hybridized carbons (Fsp3) is 0.125. The van der Waals surface area contributed by atoms with Crippen LogP contribution in [0.2, 0.25) is 0 Å². The molecule has 6 heteroatoms. The number of nitrogens with one attached hydrogen (secondary N) is 2. The average molecular weight is 297 g/mol. The van der Waals surface area contributed by atoms with Crippen molar-refractivity contribution in [2.75, 3.05) is 18.7 Å². The zero-order valence-corrected chi connectivity index (χ0v) is 12.0. The molecule has 0 radical (unpaired) electrons. The summed E-state index contributed by atoms with van der Waals surface area (Å²) in [5.74, 6) is 0.457. The number of hydrogen-bond donors (Lipinski definition) is 2. The summed E-state index contributed by atoms with van der Waals surface area (Å²) in [6.07, 6.45) is 0. The molecule has 0 atom stereocenters. The summed E-state index contributed by atoms with van der Waals surface area (Å²) in [7, 11) is 1.62. The van der Waals surface area contributed by atoms with E-state index in [9.17, 15) is 9.59 Å². The van der Waals surface area contributed by atoms with Crippen molar-refractivity contribution in [3.8, 4) is 16.9 Å². The van der Waals surface area contributed by atoms with Gasteiger partial charge in [-0.05, 0) is 35.4 Å². The van der Waals surface area contributed by atoms with Gasteiger partial charge in [0.25, 0.3) is 0 Å². The standard InChI is InChI=1S/C16H15N3O3/c1-22-14-7-5-11(6-8-14)12-3-2-4-13(9-12)19-10-15(20)17-16(21)18-19/h2-9H,10H2,1H3,(H2,17,18,20,21). The first-order valence-corrected chi connectivity index (χ1v) is 6.78. The maximum absolute atomic E-state index is 11.5. The Labute approximate surface area is 127 Å². The Kier molecular flexibility index (Phi) is 3.65. The van der Waals surface area contributed by atoms with Crippen molar-refractivity contribution in [3.05, 3.63) is 48.5 Å². The third-order valence-corrected chi connectivity index (χ3v) is 3.37. The highest BCUT2D eigenvalue weighted by Gasteiger charge is 2.21. The van der Waals surface area contributed by atoms with Gasteiger partial charge in [-0.15, -0.1) is 0 Å². The molecule has 0 saturated carbocycles. The van der Waals surface area contributed by atoms with Gasteiger partial charge in [0.15, 0.2) is 0 Å². The Morgan fingerprint density at radius 2 is 1.82 bits per heavy atom. The number of carbonyl (C=O) groups excluding carboxylic acids is 2. The molecule has 1 fully saturated rings. The summed E-state index contributed by atoms with van der Waals surface area (Å²) < 4.78 is 5.15. The highest BCUT2D eigenvalue weighted by Crippen LogP contribution is 2.26. The Bertz CT molecular complexity index is 697. The van der Waals surface area contributed by atoms with Crippen molar-refractivity contribution in [1.29, 1.82) is 0 Å². The normalized spacial score (nSPS) is 14.3. The van der Waals surface area contributed by atoms with Gasteiger partial charge >= 0.3 is 6.03 Å². The highest BCUT2D eigenvalue weighted by molar-refractivity contribution is 6.00.